The van der Waals surface area contributed by atoms with Crippen LogP contribution in [-0.2, 0) is 103 Å². The number of hydrogen-bond acceptors (Lipinski definition) is 18. The van der Waals surface area contributed by atoms with Crippen molar-refractivity contribution >= 4 is 52.5 Å². The van der Waals surface area contributed by atoms with E-state index in [1.807, 2.05) is 67.6 Å². The SMILES string of the molecule is CCCCn1c(=O)c2c(C(O)c3ccccc3)c(-c3cccc(OC(F)(F)F)c3)ncc2n(C)c1=O.Cn1c(=O)n(CCCOC=O)c(=O)c2c(Cc3ccccc3)c(-c3cccc(OC(F)(F)F)c3)ncc21.Cn1c2c(c(=O)n(CCCOC=O)c1=O)C(Cc1ccccc1)=C(c1cccc(OC(F)(F)F)c1)NC2.O=CO.[Zn]. The van der Waals surface area contributed by atoms with Gasteiger partial charge in [-0.2, -0.15) is 0 Å². The summed E-state index contributed by atoms with van der Waals surface area (Å²) in [7, 11) is 4.57. The number of aromatic nitrogens is 8. The molecule has 0 aliphatic carbocycles. The predicted octanol–water partition coefficient (Wildman–Crippen LogP) is 11.3. The molecular weight excluding hydrogens is 1570 g/mol. The Balaban J connectivity index is 0.000000209. The fourth-order valence-electron chi connectivity index (χ4n) is 12.7. The van der Waals surface area contributed by atoms with Crippen LogP contribution in [0.4, 0.5) is 39.5 Å². The van der Waals surface area contributed by atoms with Crippen LogP contribution in [0.25, 0.3) is 55.6 Å². The van der Waals surface area contributed by atoms with E-state index in [-0.39, 0.29) is 142 Å². The number of allylic oxidation sites excluding steroid dienone is 1. The Kier molecular flexibility index (Phi) is 29.9. The number of fused-ring (bicyclic) bond motifs is 3. The molecule has 1 atom stereocenters. The van der Waals surface area contributed by atoms with Gasteiger partial charge in [0.25, 0.3) is 36.1 Å². The molecule has 1 unspecified atom stereocenters. The second kappa shape index (κ2) is 39.1. The number of unbranched alkanes of at least 4 members (excludes halogenated alkanes) is 1. The normalized spacial score (nSPS) is 12.1. The van der Waals surface area contributed by atoms with Gasteiger partial charge in [-0.05, 0) is 83.5 Å². The molecule has 5 aromatic heterocycles. The molecule has 0 saturated carbocycles. The fraction of sp³-hybridized carbons (Fsp3) is 0.253. The molecule has 35 heteroatoms. The quantitative estimate of drug-likeness (QED) is 0.0207. The van der Waals surface area contributed by atoms with E-state index in [1.165, 1.54) is 88.7 Å². The van der Waals surface area contributed by atoms with Crippen LogP contribution in [0.1, 0.15) is 83.3 Å². The minimum atomic E-state index is -4.90. The van der Waals surface area contributed by atoms with E-state index in [4.69, 9.17) is 9.90 Å². The molecule has 25 nitrogen and oxygen atoms in total. The van der Waals surface area contributed by atoms with Crippen molar-refractivity contribution < 1.29 is 107 Å². The second-order valence-corrected chi connectivity index (χ2v) is 25.0. The molecule has 6 aromatic carbocycles. The summed E-state index contributed by atoms with van der Waals surface area (Å²) in [6.45, 7) is 2.67. The number of halogens is 9. The number of hydrogen-bond donors (Lipinski definition) is 3. The molecule has 0 spiro atoms. The number of nitrogens with zero attached hydrogens (tertiary/aromatic N) is 8. The average Bonchev–Trinajstić information content (AvgIpc) is 0.743. The number of carboxylic acid groups (broad SMARTS) is 1. The van der Waals surface area contributed by atoms with Crippen LogP contribution in [0.15, 0.2) is 205 Å². The molecule has 12 rings (SSSR count). The van der Waals surface area contributed by atoms with E-state index in [9.17, 15) is 83.0 Å². The Morgan fingerprint density at radius 1 is 0.509 bits per heavy atom. The van der Waals surface area contributed by atoms with E-state index in [0.717, 1.165) is 43.4 Å². The first-order valence-electron chi connectivity index (χ1n) is 34.5. The second-order valence-electron chi connectivity index (χ2n) is 25.0. The van der Waals surface area contributed by atoms with Gasteiger partial charge in [-0.15, -0.1) is 39.5 Å². The van der Waals surface area contributed by atoms with Gasteiger partial charge >= 0.3 is 36.2 Å². The zero-order valence-electron chi connectivity index (χ0n) is 61.3. The molecule has 11 aromatic rings. The molecule has 0 bridgehead atoms. The zero-order valence-corrected chi connectivity index (χ0v) is 64.3. The number of nitrogens with one attached hydrogen (secondary N) is 1. The minimum Gasteiger partial charge on any atom is -0.483 e. The molecule has 114 heavy (non-hydrogen) atoms. The number of aliphatic hydroxyl groups is 1. The van der Waals surface area contributed by atoms with Gasteiger partial charge in [-0.25, -0.2) is 14.4 Å². The molecule has 6 heterocycles. The Bertz CT molecular complexity index is 5660. The first-order chi connectivity index (χ1) is 53.9. The van der Waals surface area contributed by atoms with Crippen LogP contribution in [0.2, 0.25) is 0 Å². The summed E-state index contributed by atoms with van der Waals surface area (Å²) < 4.78 is 144. The average molecular weight is 1640 g/mol. The number of alkyl halides is 9. The van der Waals surface area contributed by atoms with Gasteiger partial charge in [0.1, 0.15) is 23.4 Å². The van der Waals surface area contributed by atoms with Crippen LogP contribution < -0.4 is 53.3 Å². The van der Waals surface area contributed by atoms with Gasteiger partial charge in [-0.1, -0.05) is 141 Å². The fourth-order valence-corrected chi connectivity index (χ4v) is 12.7. The number of ether oxygens (including phenoxy) is 5. The van der Waals surface area contributed by atoms with Crippen LogP contribution in [-0.4, -0.2) is 99.3 Å². The first kappa shape index (κ1) is 87.1. The summed E-state index contributed by atoms with van der Waals surface area (Å²) in [6.07, 6.45) is -11.0. The van der Waals surface area contributed by atoms with Crippen LogP contribution in [0.5, 0.6) is 17.2 Å². The maximum absolute atomic E-state index is 13.7. The Hall–Kier alpha value is -12.5. The van der Waals surface area contributed by atoms with Gasteiger partial charge in [0.15, 0.2) is 0 Å². The van der Waals surface area contributed by atoms with Crippen molar-refractivity contribution in [3.8, 4) is 39.8 Å². The summed E-state index contributed by atoms with van der Waals surface area (Å²) in [4.78, 5) is 118. The van der Waals surface area contributed by atoms with Crippen molar-refractivity contribution in [3.63, 3.8) is 0 Å². The topological polar surface area (TPSA) is 308 Å². The molecule has 3 N–H and O–H groups in total. The number of aryl methyl sites for hydroxylation is 2. The summed E-state index contributed by atoms with van der Waals surface area (Å²) in [5.41, 5.74) is 2.98. The zero-order chi connectivity index (χ0) is 81.9. The van der Waals surface area contributed by atoms with E-state index in [2.05, 4.69) is 39.0 Å². The molecule has 1 aliphatic heterocycles. The van der Waals surface area contributed by atoms with Gasteiger partial charge < -0.3 is 39.2 Å². The number of benzene rings is 6. The largest absolute Gasteiger partial charge is 0.573 e. The van der Waals surface area contributed by atoms with Crippen molar-refractivity contribution in [3.05, 3.63) is 283 Å². The summed E-state index contributed by atoms with van der Waals surface area (Å²) in [5, 5.41) is 21.8. The maximum Gasteiger partial charge on any atom is 0.573 e. The first-order valence-corrected chi connectivity index (χ1v) is 34.5. The van der Waals surface area contributed by atoms with Gasteiger partial charge in [0.05, 0.1) is 76.6 Å². The van der Waals surface area contributed by atoms with Gasteiger partial charge in [-0.3, -0.25) is 66.1 Å². The number of pyridine rings is 2. The number of carbonyl (C=O) groups excluding carboxylic acids is 2. The monoisotopic (exact) mass is 1640 g/mol. The van der Waals surface area contributed by atoms with E-state index < -0.39 is 76.2 Å². The van der Waals surface area contributed by atoms with Gasteiger partial charge in [0, 0.05) is 101 Å². The Labute approximate surface area is 653 Å². The summed E-state index contributed by atoms with van der Waals surface area (Å²) in [6, 6.07) is 43.0. The maximum atomic E-state index is 13.7. The van der Waals surface area contributed by atoms with Crippen molar-refractivity contribution in [1.29, 1.82) is 0 Å². The molecule has 0 radical (unpaired) electrons. The van der Waals surface area contributed by atoms with Crippen molar-refractivity contribution in [2.45, 2.75) is 96.8 Å². The minimum absolute atomic E-state index is 0. The Morgan fingerprint density at radius 3 is 1.39 bits per heavy atom. The third kappa shape index (κ3) is 21.6. The third-order valence-electron chi connectivity index (χ3n) is 17.7. The molecule has 0 amide bonds. The van der Waals surface area contributed by atoms with E-state index in [0.29, 0.717) is 57.7 Å². The van der Waals surface area contributed by atoms with Crippen molar-refractivity contribution in [2.24, 2.45) is 21.1 Å². The predicted molar refractivity (Wildman–Crippen MR) is 396 cm³/mol. The third-order valence-corrected chi connectivity index (χ3v) is 17.7. The van der Waals surface area contributed by atoms with Gasteiger partial charge in [0.2, 0.25) is 0 Å². The summed E-state index contributed by atoms with van der Waals surface area (Å²) >= 11 is 0. The van der Waals surface area contributed by atoms with E-state index >= 15 is 0 Å². The molecule has 594 valence electrons. The number of carbonyl (C=O) groups is 3. The summed E-state index contributed by atoms with van der Waals surface area (Å²) in [5.74, 6) is -1.29. The van der Waals surface area contributed by atoms with Crippen molar-refractivity contribution in [2.75, 3.05) is 13.2 Å². The van der Waals surface area contributed by atoms with Crippen molar-refractivity contribution in [1.82, 2.24) is 42.7 Å². The molecule has 1 aliphatic rings. The molecule has 0 fully saturated rings. The van der Waals surface area contributed by atoms with Crippen LogP contribution in [0, 0.1) is 0 Å². The molecule has 0 saturated heterocycles. The van der Waals surface area contributed by atoms with E-state index in [1.54, 1.807) is 49.5 Å². The number of aliphatic hydroxyl groups excluding tert-OH is 1. The standard InChI is InChI=1S/C26H24F3N3O5.C26H22F3N3O5.C26H24F3N3O4.CH2O2.Zn/c2*1-31-21-15-30-23(18-9-5-10-19(14-18)37-26(27,28)29)20(13-17-7-3-2-4-8-17)22(21)24(34)32(25(31)35)11-6-12-36-16-33;1-3-4-13-32-24(34)20-19(31(2)25(32)35)15-30-22(21(20)23(33)16-9-6-5-7-10-16)17-11-8-12-18(14-17)36-26(27,28)29;2-1-3;/h2-5,7-10,14,16,30H,6,11-13,15H2,1H3;2-5,7-10,14-16H,6,11-13H2,1H3;5-12,14-15,23,33H,3-4,13H2,1-2H3;1H,(H,2,3);. The Morgan fingerprint density at radius 2 is 0.912 bits per heavy atom. The number of rotatable bonds is 25. The smallest absolute Gasteiger partial charge is 0.483 e. The van der Waals surface area contributed by atoms with Crippen LogP contribution in [0.3, 0.4) is 0 Å². The molecular formula is C79H72F9N9O16Zn. The van der Waals surface area contributed by atoms with Crippen LogP contribution >= 0.6 is 0 Å².